The van der Waals surface area contributed by atoms with E-state index in [4.69, 9.17) is 0 Å². The first-order valence-electron chi connectivity index (χ1n) is 6.45. The number of aliphatic hydroxyl groups is 1. The van der Waals surface area contributed by atoms with Gasteiger partial charge in [0, 0.05) is 18.1 Å². The minimum absolute atomic E-state index is 0.0613. The Labute approximate surface area is 123 Å². The van der Waals surface area contributed by atoms with E-state index in [-0.39, 0.29) is 12.0 Å². The number of carbonyl (C=O) groups is 1. The Morgan fingerprint density at radius 1 is 1.47 bits per heavy atom. The van der Waals surface area contributed by atoms with Gasteiger partial charge in [0.1, 0.15) is 0 Å². The maximum atomic E-state index is 12.5. The number of amides is 1. The molecule has 106 valence electrons. The van der Waals surface area contributed by atoms with Gasteiger partial charge in [0.25, 0.3) is 0 Å². The van der Waals surface area contributed by atoms with Gasteiger partial charge in [-0.2, -0.15) is 0 Å². The van der Waals surface area contributed by atoms with Crippen molar-refractivity contribution in [2.24, 2.45) is 0 Å². The number of likely N-dealkylation sites (N-methyl/N-ethyl adjacent to an activating group) is 1. The smallest absolute Gasteiger partial charge is 0.232 e. The van der Waals surface area contributed by atoms with Gasteiger partial charge in [-0.15, -0.1) is 0 Å². The summed E-state index contributed by atoms with van der Waals surface area (Å²) >= 11 is 3.43. The van der Waals surface area contributed by atoms with E-state index in [1.807, 2.05) is 38.1 Å². The van der Waals surface area contributed by atoms with Gasteiger partial charge in [-0.25, -0.2) is 0 Å². The van der Waals surface area contributed by atoms with E-state index in [1.54, 1.807) is 18.9 Å². The van der Waals surface area contributed by atoms with Crippen LogP contribution in [0.15, 0.2) is 28.7 Å². The van der Waals surface area contributed by atoms with E-state index in [0.717, 1.165) is 10.0 Å². The zero-order valence-electron chi connectivity index (χ0n) is 12.0. The topological polar surface area (TPSA) is 40.5 Å². The molecule has 0 saturated carbocycles. The van der Waals surface area contributed by atoms with Crippen LogP contribution in [-0.2, 0) is 10.2 Å². The molecule has 0 aliphatic carbocycles. The maximum Gasteiger partial charge on any atom is 0.232 e. The number of nitrogens with zero attached hydrogens (tertiary/aromatic N) is 1. The average Bonchev–Trinajstić information content (AvgIpc) is 2.34. The molecule has 0 bridgehead atoms. The molecule has 0 fully saturated rings. The highest BCUT2D eigenvalue weighted by molar-refractivity contribution is 9.10. The van der Waals surface area contributed by atoms with E-state index < -0.39 is 5.41 Å². The second-order valence-corrected chi connectivity index (χ2v) is 6.42. The normalized spacial score (nSPS) is 13.2. The predicted molar refractivity (Wildman–Crippen MR) is 81.1 cm³/mol. The molecule has 0 radical (unpaired) electrons. The van der Waals surface area contributed by atoms with Gasteiger partial charge in [0.15, 0.2) is 0 Å². The molecule has 1 amide bonds. The number of hydrogen-bond acceptors (Lipinski definition) is 2. The SMILES string of the molecule is CC(O)CCN(C)C(=O)C(C)(C)c1cccc(Br)c1. The quantitative estimate of drug-likeness (QED) is 0.903. The lowest BCUT2D eigenvalue weighted by molar-refractivity contribution is -0.135. The molecular weight excluding hydrogens is 306 g/mol. The minimum Gasteiger partial charge on any atom is -0.393 e. The summed E-state index contributed by atoms with van der Waals surface area (Å²) in [6.45, 7) is 6.15. The van der Waals surface area contributed by atoms with Crippen LogP contribution in [0.4, 0.5) is 0 Å². The molecule has 1 aromatic carbocycles. The van der Waals surface area contributed by atoms with Crippen molar-refractivity contribution >= 4 is 21.8 Å². The van der Waals surface area contributed by atoms with E-state index in [0.29, 0.717) is 13.0 Å². The molecule has 0 spiro atoms. The molecule has 1 atom stereocenters. The second-order valence-electron chi connectivity index (χ2n) is 5.50. The van der Waals surface area contributed by atoms with Crippen LogP contribution in [0, 0.1) is 0 Å². The zero-order chi connectivity index (χ0) is 14.6. The Morgan fingerprint density at radius 2 is 2.11 bits per heavy atom. The van der Waals surface area contributed by atoms with Crippen molar-refractivity contribution in [3.05, 3.63) is 34.3 Å². The molecule has 1 unspecified atom stereocenters. The summed E-state index contributed by atoms with van der Waals surface area (Å²) in [5.41, 5.74) is 0.410. The third-order valence-corrected chi connectivity index (χ3v) is 3.80. The molecule has 0 heterocycles. The van der Waals surface area contributed by atoms with Crippen molar-refractivity contribution in [1.29, 1.82) is 0 Å². The molecule has 3 nitrogen and oxygen atoms in total. The van der Waals surface area contributed by atoms with Gasteiger partial charge < -0.3 is 10.0 Å². The maximum absolute atomic E-state index is 12.5. The fraction of sp³-hybridized carbons (Fsp3) is 0.533. The lowest BCUT2D eigenvalue weighted by atomic mass is 9.83. The third kappa shape index (κ3) is 4.32. The fourth-order valence-electron chi connectivity index (χ4n) is 1.96. The summed E-state index contributed by atoms with van der Waals surface area (Å²) in [6.07, 6.45) is 0.209. The van der Waals surface area contributed by atoms with Crippen molar-refractivity contribution in [2.75, 3.05) is 13.6 Å². The summed E-state index contributed by atoms with van der Waals surface area (Å²) in [5, 5.41) is 9.30. The Bertz CT molecular complexity index is 444. The first kappa shape index (κ1) is 16.2. The van der Waals surface area contributed by atoms with E-state index >= 15 is 0 Å². The molecule has 0 aromatic heterocycles. The summed E-state index contributed by atoms with van der Waals surface area (Å²) in [4.78, 5) is 14.2. The standard InChI is InChI=1S/C15H22BrNO2/c1-11(18)8-9-17(4)14(19)15(2,3)12-6-5-7-13(16)10-12/h5-7,10-11,18H,8-9H2,1-4H3. The summed E-state index contributed by atoms with van der Waals surface area (Å²) in [5.74, 6) is 0.0613. The summed E-state index contributed by atoms with van der Waals surface area (Å²) < 4.78 is 0.970. The van der Waals surface area contributed by atoms with Gasteiger partial charge in [0.2, 0.25) is 5.91 Å². The highest BCUT2D eigenvalue weighted by Crippen LogP contribution is 2.27. The monoisotopic (exact) mass is 327 g/mol. The molecule has 4 heteroatoms. The highest BCUT2D eigenvalue weighted by Gasteiger charge is 2.32. The van der Waals surface area contributed by atoms with Crippen LogP contribution >= 0.6 is 15.9 Å². The van der Waals surface area contributed by atoms with Crippen molar-refractivity contribution in [1.82, 2.24) is 4.90 Å². The Hall–Kier alpha value is -0.870. The number of rotatable bonds is 5. The van der Waals surface area contributed by atoms with Crippen molar-refractivity contribution in [2.45, 2.75) is 38.7 Å². The van der Waals surface area contributed by atoms with E-state index in [2.05, 4.69) is 15.9 Å². The number of benzene rings is 1. The minimum atomic E-state index is -0.572. The van der Waals surface area contributed by atoms with Gasteiger partial charge in [-0.05, 0) is 44.9 Å². The number of halogens is 1. The van der Waals surface area contributed by atoms with Gasteiger partial charge in [0.05, 0.1) is 11.5 Å². The second kappa shape index (κ2) is 6.53. The van der Waals surface area contributed by atoms with Crippen LogP contribution in [-0.4, -0.2) is 35.6 Å². The highest BCUT2D eigenvalue weighted by atomic mass is 79.9. The van der Waals surface area contributed by atoms with E-state index in [9.17, 15) is 9.90 Å². The first-order chi connectivity index (χ1) is 8.75. The summed E-state index contributed by atoms with van der Waals surface area (Å²) in [7, 11) is 1.78. The molecular formula is C15H22BrNO2. The Balaban J connectivity index is 2.84. The Kier molecular flexibility index (Phi) is 5.56. The third-order valence-electron chi connectivity index (χ3n) is 3.31. The molecule has 0 aliphatic heterocycles. The van der Waals surface area contributed by atoms with E-state index in [1.165, 1.54) is 0 Å². The van der Waals surface area contributed by atoms with Crippen LogP contribution in [0.3, 0.4) is 0 Å². The molecule has 1 rings (SSSR count). The lowest BCUT2D eigenvalue weighted by Crippen LogP contribution is -2.42. The van der Waals surface area contributed by atoms with Crippen LogP contribution in [0.5, 0.6) is 0 Å². The average molecular weight is 328 g/mol. The van der Waals surface area contributed by atoms with Crippen LogP contribution in [0.2, 0.25) is 0 Å². The molecule has 0 saturated heterocycles. The van der Waals surface area contributed by atoms with Gasteiger partial charge in [-0.1, -0.05) is 28.1 Å². The number of aliphatic hydroxyl groups excluding tert-OH is 1. The molecule has 1 N–H and O–H groups in total. The van der Waals surface area contributed by atoms with Crippen LogP contribution in [0.1, 0.15) is 32.8 Å². The van der Waals surface area contributed by atoms with Crippen LogP contribution in [0.25, 0.3) is 0 Å². The fourth-order valence-corrected chi connectivity index (χ4v) is 2.36. The van der Waals surface area contributed by atoms with Gasteiger partial charge >= 0.3 is 0 Å². The van der Waals surface area contributed by atoms with Crippen LogP contribution < -0.4 is 0 Å². The Morgan fingerprint density at radius 3 is 2.63 bits per heavy atom. The first-order valence-corrected chi connectivity index (χ1v) is 7.24. The predicted octanol–water partition coefficient (Wildman–Crippen LogP) is 2.96. The van der Waals surface area contributed by atoms with Gasteiger partial charge in [-0.3, -0.25) is 4.79 Å². The van der Waals surface area contributed by atoms with Crippen molar-refractivity contribution in [3.63, 3.8) is 0 Å². The molecule has 0 aliphatic rings. The summed E-state index contributed by atoms with van der Waals surface area (Å²) in [6, 6.07) is 7.82. The van der Waals surface area contributed by atoms with Crippen molar-refractivity contribution in [3.8, 4) is 0 Å². The molecule has 19 heavy (non-hydrogen) atoms. The number of hydrogen-bond donors (Lipinski definition) is 1. The van der Waals surface area contributed by atoms with Crippen molar-refractivity contribution < 1.29 is 9.90 Å². The molecule has 1 aromatic rings. The zero-order valence-corrected chi connectivity index (χ0v) is 13.6. The number of carbonyl (C=O) groups excluding carboxylic acids is 1. The largest absolute Gasteiger partial charge is 0.393 e. The lowest BCUT2D eigenvalue weighted by Gasteiger charge is -2.30.